The molecule has 1 aliphatic rings. The van der Waals surface area contributed by atoms with Crippen molar-refractivity contribution in [3.63, 3.8) is 0 Å². The molecule has 0 radical (unpaired) electrons. The summed E-state index contributed by atoms with van der Waals surface area (Å²) in [6, 6.07) is 13.0. The molecule has 3 amide bonds. The number of aromatic nitrogens is 2. The van der Waals surface area contributed by atoms with Crippen LogP contribution in [0.2, 0.25) is 0 Å². The SMILES string of the molecule is CCn1c(C2CCCN2C(=O)Nc2ccc(NC(C)=O)c(OC)c2)nc2ccccc21. The van der Waals surface area contributed by atoms with Gasteiger partial charge in [0, 0.05) is 31.8 Å². The highest BCUT2D eigenvalue weighted by molar-refractivity contribution is 5.93. The number of aryl methyl sites for hydroxylation is 1. The zero-order valence-electron chi connectivity index (χ0n) is 18.0. The number of para-hydroxylation sites is 2. The van der Waals surface area contributed by atoms with E-state index in [-0.39, 0.29) is 18.0 Å². The molecule has 0 bridgehead atoms. The molecule has 0 aliphatic carbocycles. The molecule has 1 aromatic heterocycles. The predicted octanol–water partition coefficient (Wildman–Crippen LogP) is 4.39. The Kier molecular flexibility index (Phi) is 5.79. The quantitative estimate of drug-likeness (QED) is 0.639. The van der Waals surface area contributed by atoms with E-state index in [9.17, 15) is 9.59 Å². The maximum atomic E-state index is 13.1. The van der Waals surface area contributed by atoms with E-state index in [0.717, 1.165) is 36.2 Å². The van der Waals surface area contributed by atoms with Gasteiger partial charge in [0.15, 0.2) is 0 Å². The number of fused-ring (bicyclic) bond motifs is 1. The molecule has 1 atom stereocenters. The summed E-state index contributed by atoms with van der Waals surface area (Å²) in [4.78, 5) is 31.2. The number of amides is 3. The van der Waals surface area contributed by atoms with Crippen molar-refractivity contribution >= 4 is 34.3 Å². The van der Waals surface area contributed by atoms with Gasteiger partial charge in [-0.15, -0.1) is 0 Å². The molecule has 2 aromatic carbocycles. The summed E-state index contributed by atoms with van der Waals surface area (Å²) < 4.78 is 7.55. The monoisotopic (exact) mass is 421 g/mol. The van der Waals surface area contributed by atoms with Gasteiger partial charge >= 0.3 is 6.03 Å². The van der Waals surface area contributed by atoms with Crippen LogP contribution in [0.5, 0.6) is 5.75 Å². The number of nitrogens with zero attached hydrogens (tertiary/aromatic N) is 3. The Morgan fingerprint density at radius 3 is 2.74 bits per heavy atom. The van der Waals surface area contributed by atoms with Crippen molar-refractivity contribution in [3.05, 3.63) is 48.3 Å². The molecule has 3 aromatic rings. The Bertz CT molecular complexity index is 1120. The molecule has 0 saturated carbocycles. The van der Waals surface area contributed by atoms with Crippen LogP contribution in [0, 0.1) is 0 Å². The molecular weight excluding hydrogens is 394 g/mol. The number of rotatable bonds is 5. The van der Waals surface area contributed by atoms with E-state index in [2.05, 4.69) is 28.2 Å². The summed E-state index contributed by atoms with van der Waals surface area (Å²) in [6.45, 7) is 5.00. The highest BCUT2D eigenvalue weighted by atomic mass is 16.5. The lowest BCUT2D eigenvalue weighted by molar-refractivity contribution is -0.114. The van der Waals surface area contributed by atoms with E-state index in [1.807, 2.05) is 23.1 Å². The zero-order chi connectivity index (χ0) is 22.0. The topological polar surface area (TPSA) is 88.5 Å². The minimum Gasteiger partial charge on any atom is -0.494 e. The third-order valence-corrected chi connectivity index (χ3v) is 5.58. The summed E-state index contributed by atoms with van der Waals surface area (Å²) in [6.07, 6.45) is 1.80. The maximum Gasteiger partial charge on any atom is 0.322 e. The average Bonchev–Trinajstić information content (AvgIpc) is 3.38. The highest BCUT2D eigenvalue weighted by Crippen LogP contribution is 2.34. The number of hydrogen-bond acceptors (Lipinski definition) is 4. The molecule has 1 saturated heterocycles. The molecule has 1 unspecified atom stereocenters. The lowest BCUT2D eigenvalue weighted by Crippen LogP contribution is -2.35. The minimum atomic E-state index is -0.186. The number of nitrogens with one attached hydrogen (secondary N) is 2. The third kappa shape index (κ3) is 4.05. The number of urea groups is 1. The number of carbonyl (C=O) groups is 2. The highest BCUT2D eigenvalue weighted by Gasteiger charge is 2.33. The van der Waals surface area contributed by atoms with Crippen LogP contribution in [0.4, 0.5) is 16.2 Å². The molecule has 4 rings (SSSR count). The van der Waals surface area contributed by atoms with Gasteiger partial charge in [-0.2, -0.15) is 0 Å². The van der Waals surface area contributed by atoms with E-state index in [4.69, 9.17) is 9.72 Å². The van der Waals surface area contributed by atoms with Crippen LogP contribution in [0.25, 0.3) is 11.0 Å². The normalized spacial score (nSPS) is 15.8. The fourth-order valence-electron chi connectivity index (χ4n) is 4.22. The first kappa shape index (κ1) is 20.7. The summed E-state index contributed by atoms with van der Waals surface area (Å²) in [5.41, 5.74) is 3.20. The molecule has 162 valence electrons. The molecular formula is C23H27N5O3. The van der Waals surface area contributed by atoms with Crippen LogP contribution in [-0.4, -0.2) is 40.0 Å². The van der Waals surface area contributed by atoms with Crippen molar-refractivity contribution in [1.82, 2.24) is 14.5 Å². The van der Waals surface area contributed by atoms with E-state index in [0.29, 0.717) is 23.7 Å². The van der Waals surface area contributed by atoms with E-state index in [1.54, 1.807) is 18.2 Å². The number of likely N-dealkylation sites (tertiary alicyclic amines) is 1. The molecule has 31 heavy (non-hydrogen) atoms. The Labute approximate surface area is 181 Å². The van der Waals surface area contributed by atoms with Gasteiger partial charge in [0.05, 0.1) is 29.9 Å². The Balaban J connectivity index is 1.57. The van der Waals surface area contributed by atoms with Crippen LogP contribution >= 0.6 is 0 Å². The van der Waals surface area contributed by atoms with E-state index < -0.39 is 0 Å². The molecule has 1 aliphatic heterocycles. The number of imidazole rings is 1. The third-order valence-electron chi connectivity index (χ3n) is 5.58. The van der Waals surface area contributed by atoms with Crippen molar-refractivity contribution < 1.29 is 14.3 Å². The van der Waals surface area contributed by atoms with Gasteiger partial charge in [-0.05, 0) is 44.0 Å². The second kappa shape index (κ2) is 8.67. The summed E-state index contributed by atoms with van der Waals surface area (Å²) in [5, 5.41) is 5.68. The van der Waals surface area contributed by atoms with Crippen LogP contribution in [-0.2, 0) is 11.3 Å². The summed E-state index contributed by atoms with van der Waals surface area (Å²) in [7, 11) is 1.53. The number of benzene rings is 2. The fraction of sp³-hybridized carbons (Fsp3) is 0.348. The van der Waals surface area contributed by atoms with Gasteiger partial charge in [-0.3, -0.25) is 4.79 Å². The minimum absolute atomic E-state index is 0.0760. The Morgan fingerprint density at radius 2 is 2.00 bits per heavy atom. The second-order valence-electron chi connectivity index (χ2n) is 7.58. The number of methoxy groups -OCH3 is 1. The molecule has 8 heteroatoms. The first-order valence-electron chi connectivity index (χ1n) is 10.5. The number of ether oxygens (including phenoxy) is 1. The molecule has 1 fully saturated rings. The van der Waals surface area contributed by atoms with Gasteiger partial charge < -0.3 is 24.8 Å². The first-order valence-corrected chi connectivity index (χ1v) is 10.5. The molecule has 2 heterocycles. The summed E-state index contributed by atoms with van der Waals surface area (Å²) >= 11 is 0. The van der Waals surface area contributed by atoms with Crippen LogP contribution in [0.3, 0.4) is 0 Å². The molecule has 2 N–H and O–H groups in total. The lowest BCUT2D eigenvalue weighted by Gasteiger charge is -2.25. The van der Waals surface area contributed by atoms with Crippen molar-refractivity contribution in [2.24, 2.45) is 0 Å². The molecule has 0 spiro atoms. The standard InChI is InChI=1S/C23H27N5O3/c1-4-27-19-9-6-5-8-17(19)26-22(27)20-10-7-13-28(20)23(30)25-16-11-12-18(24-15(2)29)21(14-16)31-3/h5-6,8-9,11-12,14,20H,4,7,10,13H2,1-3H3,(H,24,29)(H,25,30). The van der Waals surface area contributed by atoms with Gasteiger partial charge in [0.1, 0.15) is 11.6 Å². The van der Waals surface area contributed by atoms with Gasteiger partial charge in [0.2, 0.25) is 5.91 Å². The zero-order valence-corrected chi connectivity index (χ0v) is 18.0. The Hall–Kier alpha value is -3.55. The van der Waals surface area contributed by atoms with E-state index in [1.165, 1.54) is 14.0 Å². The number of carbonyl (C=O) groups excluding carboxylic acids is 2. The lowest BCUT2D eigenvalue weighted by atomic mass is 10.2. The van der Waals surface area contributed by atoms with Gasteiger partial charge in [0.25, 0.3) is 0 Å². The molecule has 8 nitrogen and oxygen atoms in total. The summed E-state index contributed by atoms with van der Waals surface area (Å²) in [5.74, 6) is 1.22. The average molecular weight is 422 g/mol. The van der Waals surface area contributed by atoms with Crippen LogP contribution in [0.15, 0.2) is 42.5 Å². The van der Waals surface area contributed by atoms with Crippen LogP contribution in [0.1, 0.15) is 38.6 Å². The van der Waals surface area contributed by atoms with Gasteiger partial charge in [-0.1, -0.05) is 12.1 Å². The first-order chi connectivity index (χ1) is 15.0. The van der Waals surface area contributed by atoms with Crippen molar-refractivity contribution in [2.75, 3.05) is 24.3 Å². The number of anilines is 2. The maximum absolute atomic E-state index is 13.1. The van der Waals surface area contributed by atoms with Crippen molar-refractivity contribution in [3.8, 4) is 5.75 Å². The van der Waals surface area contributed by atoms with E-state index >= 15 is 0 Å². The van der Waals surface area contributed by atoms with Crippen molar-refractivity contribution in [1.29, 1.82) is 0 Å². The second-order valence-corrected chi connectivity index (χ2v) is 7.58. The van der Waals surface area contributed by atoms with Crippen LogP contribution < -0.4 is 15.4 Å². The van der Waals surface area contributed by atoms with Gasteiger partial charge in [-0.25, -0.2) is 9.78 Å². The van der Waals surface area contributed by atoms with Crippen molar-refractivity contribution in [2.45, 2.75) is 39.3 Å². The predicted molar refractivity (Wildman–Crippen MR) is 120 cm³/mol. The number of hydrogen-bond donors (Lipinski definition) is 2. The largest absolute Gasteiger partial charge is 0.494 e. The fourth-order valence-corrected chi connectivity index (χ4v) is 4.22. The smallest absolute Gasteiger partial charge is 0.322 e. The Morgan fingerprint density at radius 1 is 1.19 bits per heavy atom.